The molecule has 0 saturated heterocycles. The lowest BCUT2D eigenvalue weighted by atomic mass is 10.2. The minimum absolute atomic E-state index is 0.00150. The first kappa shape index (κ1) is 12.4. The van der Waals surface area contributed by atoms with Crippen molar-refractivity contribution in [2.45, 2.75) is 32.2 Å². The zero-order valence-electron chi connectivity index (χ0n) is 8.97. The third-order valence-corrected chi connectivity index (χ3v) is 3.95. The Bertz CT molecular complexity index is 206. The lowest BCUT2D eigenvalue weighted by Crippen LogP contribution is -2.34. The number of rotatable bonds is 6. The Morgan fingerprint density at radius 3 is 2.31 bits per heavy atom. The zero-order chi connectivity index (χ0) is 10.5. The van der Waals surface area contributed by atoms with Gasteiger partial charge in [-0.05, 0) is 31.6 Å². The fourth-order valence-electron chi connectivity index (χ4n) is 1.09. The van der Waals surface area contributed by atoms with Gasteiger partial charge in [0.15, 0.2) is 8.32 Å². The van der Waals surface area contributed by atoms with Crippen LogP contribution in [0.25, 0.3) is 0 Å². The molecule has 1 atom stereocenters. The van der Waals surface area contributed by atoms with Gasteiger partial charge in [-0.1, -0.05) is 18.7 Å². The van der Waals surface area contributed by atoms with E-state index in [1.807, 2.05) is 13.0 Å². The second-order valence-corrected chi connectivity index (χ2v) is 8.04. The van der Waals surface area contributed by atoms with Gasteiger partial charge in [-0.2, -0.15) is 0 Å². The molecule has 0 aliphatic rings. The molecule has 0 aliphatic carbocycles. The van der Waals surface area contributed by atoms with Gasteiger partial charge < -0.3 is 4.43 Å². The monoisotopic (exact) mass is 196 g/mol. The summed E-state index contributed by atoms with van der Waals surface area (Å²) in [5.74, 6) is 0. The first-order valence-corrected chi connectivity index (χ1v) is 7.61. The van der Waals surface area contributed by atoms with E-state index in [9.17, 15) is 0 Å². The molecule has 0 saturated carbocycles. The van der Waals surface area contributed by atoms with Crippen molar-refractivity contribution in [1.82, 2.24) is 0 Å². The molecule has 0 fully saturated rings. The molecule has 0 aromatic rings. The topological polar surface area (TPSA) is 9.23 Å². The molecule has 0 radical (unpaired) electrons. The van der Waals surface area contributed by atoms with Gasteiger partial charge in [0.25, 0.3) is 0 Å². The fraction of sp³-hybridized carbons (Fsp3) is 0.455. The second kappa shape index (κ2) is 5.20. The first-order chi connectivity index (χ1) is 5.93. The van der Waals surface area contributed by atoms with Crippen molar-refractivity contribution in [3.05, 3.63) is 37.5 Å². The van der Waals surface area contributed by atoms with Crippen LogP contribution in [0.1, 0.15) is 6.92 Å². The van der Waals surface area contributed by atoms with Crippen molar-refractivity contribution in [3.63, 3.8) is 0 Å². The highest BCUT2D eigenvalue weighted by atomic mass is 28.4. The lowest BCUT2D eigenvalue weighted by molar-refractivity contribution is 0.276. The Hall–Kier alpha value is -0.603. The molecule has 13 heavy (non-hydrogen) atoms. The SMILES string of the molecule is C=CC[Si](C)(C)O[C@@H](C=C)C(=C)C. The number of allylic oxidation sites excluding steroid dienone is 1. The zero-order valence-corrected chi connectivity index (χ0v) is 9.97. The molecule has 0 bridgehead atoms. The van der Waals surface area contributed by atoms with E-state index in [1.165, 1.54) is 0 Å². The molecule has 0 N–H and O–H groups in total. The van der Waals surface area contributed by atoms with Crippen LogP contribution in [0.5, 0.6) is 0 Å². The second-order valence-electron chi connectivity index (χ2n) is 3.87. The van der Waals surface area contributed by atoms with E-state index in [2.05, 4.69) is 32.8 Å². The van der Waals surface area contributed by atoms with Crippen LogP contribution in [0.4, 0.5) is 0 Å². The molecule has 74 valence electrons. The van der Waals surface area contributed by atoms with Crippen LogP contribution in [0.3, 0.4) is 0 Å². The van der Waals surface area contributed by atoms with Crippen molar-refractivity contribution >= 4 is 8.32 Å². The van der Waals surface area contributed by atoms with Crippen molar-refractivity contribution in [3.8, 4) is 0 Å². The molecule has 2 heteroatoms. The number of hydrogen-bond acceptors (Lipinski definition) is 1. The molecule has 0 rings (SSSR count). The largest absolute Gasteiger partial charge is 0.407 e. The summed E-state index contributed by atoms with van der Waals surface area (Å²) < 4.78 is 5.94. The summed E-state index contributed by atoms with van der Waals surface area (Å²) in [5, 5.41) is 0. The summed E-state index contributed by atoms with van der Waals surface area (Å²) >= 11 is 0. The van der Waals surface area contributed by atoms with Crippen molar-refractivity contribution in [1.29, 1.82) is 0 Å². The molecule has 0 aromatic heterocycles. The normalized spacial score (nSPS) is 13.5. The van der Waals surface area contributed by atoms with Crippen LogP contribution in [0.2, 0.25) is 19.1 Å². The predicted molar refractivity (Wildman–Crippen MR) is 62.4 cm³/mol. The third kappa shape index (κ3) is 4.86. The molecule has 0 unspecified atom stereocenters. The van der Waals surface area contributed by atoms with Crippen molar-refractivity contribution < 1.29 is 4.43 Å². The Balaban J connectivity index is 4.29. The summed E-state index contributed by atoms with van der Waals surface area (Å²) in [7, 11) is -1.60. The van der Waals surface area contributed by atoms with Gasteiger partial charge >= 0.3 is 0 Å². The van der Waals surface area contributed by atoms with Gasteiger partial charge in [-0.25, -0.2) is 0 Å². The van der Waals surface area contributed by atoms with Gasteiger partial charge in [0.1, 0.15) is 0 Å². The minimum atomic E-state index is -1.60. The van der Waals surface area contributed by atoms with Crippen LogP contribution in [-0.4, -0.2) is 14.4 Å². The average Bonchev–Trinajstić information content (AvgIpc) is 1.99. The highest BCUT2D eigenvalue weighted by molar-refractivity contribution is 6.71. The molecule has 0 amide bonds. The molecular weight excluding hydrogens is 176 g/mol. The average molecular weight is 196 g/mol. The summed E-state index contributed by atoms with van der Waals surface area (Å²) in [6, 6.07) is 0.963. The quantitative estimate of drug-likeness (QED) is 0.466. The van der Waals surface area contributed by atoms with Gasteiger partial charge in [-0.15, -0.1) is 13.2 Å². The highest BCUT2D eigenvalue weighted by Crippen LogP contribution is 2.17. The maximum atomic E-state index is 5.94. The van der Waals surface area contributed by atoms with Crippen LogP contribution in [0.15, 0.2) is 37.5 Å². The van der Waals surface area contributed by atoms with Gasteiger partial charge in [0, 0.05) is 0 Å². The Morgan fingerprint density at radius 1 is 1.46 bits per heavy atom. The van der Waals surface area contributed by atoms with Crippen LogP contribution in [-0.2, 0) is 4.43 Å². The molecule has 1 nitrogen and oxygen atoms in total. The summed E-state index contributed by atoms with van der Waals surface area (Å²) in [6.45, 7) is 17.7. The minimum Gasteiger partial charge on any atom is -0.407 e. The van der Waals surface area contributed by atoms with E-state index in [0.717, 1.165) is 11.6 Å². The van der Waals surface area contributed by atoms with E-state index >= 15 is 0 Å². The standard InChI is InChI=1S/C11H20OSi/c1-7-9-13(5,6)12-11(8-2)10(3)4/h7-8,11H,1-3,9H2,4-6H3/t11-/m0/s1. The van der Waals surface area contributed by atoms with Crippen molar-refractivity contribution in [2.24, 2.45) is 0 Å². The molecule has 0 heterocycles. The third-order valence-electron chi connectivity index (χ3n) is 1.78. The van der Waals surface area contributed by atoms with Gasteiger partial charge in [0.2, 0.25) is 0 Å². The Labute approximate surface area is 82.9 Å². The van der Waals surface area contributed by atoms with Crippen LogP contribution >= 0.6 is 0 Å². The maximum absolute atomic E-state index is 5.94. The van der Waals surface area contributed by atoms with E-state index < -0.39 is 8.32 Å². The molecule has 0 aromatic carbocycles. The Kier molecular flexibility index (Phi) is 4.96. The maximum Gasteiger partial charge on any atom is 0.191 e. The predicted octanol–water partition coefficient (Wildman–Crippen LogP) is 3.52. The highest BCUT2D eigenvalue weighted by Gasteiger charge is 2.24. The van der Waals surface area contributed by atoms with Crippen molar-refractivity contribution in [2.75, 3.05) is 0 Å². The molecule has 0 spiro atoms. The van der Waals surface area contributed by atoms with Crippen LogP contribution < -0.4 is 0 Å². The van der Waals surface area contributed by atoms with E-state index in [4.69, 9.17) is 4.43 Å². The smallest absolute Gasteiger partial charge is 0.191 e. The molecular formula is C11H20OSi. The fourth-order valence-corrected chi connectivity index (χ4v) is 2.87. The van der Waals surface area contributed by atoms with E-state index in [1.54, 1.807) is 6.08 Å². The lowest BCUT2D eigenvalue weighted by Gasteiger charge is -2.26. The summed E-state index contributed by atoms with van der Waals surface area (Å²) in [6.07, 6.45) is 3.73. The first-order valence-electron chi connectivity index (χ1n) is 4.49. The molecule has 0 aliphatic heterocycles. The summed E-state index contributed by atoms with van der Waals surface area (Å²) in [5.41, 5.74) is 1.01. The summed E-state index contributed by atoms with van der Waals surface area (Å²) in [4.78, 5) is 0. The number of hydrogen-bond donors (Lipinski definition) is 0. The van der Waals surface area contributed by atoms with E-state index in [-0.39, 0.29) is 6.10 Å². The Morgan fingerprint density at radius 2 is 2.00 bits per heavy atom. The van der Waals surface area contributed by atoms with Gasteiger partial charge in [0.05, 0.1) is 6.10 Å². The van der Waals surface area contributed by atoms with Gasteiger partial charge in [-0.3, -0.25) is 0 Å². The van der Waals surface area contributed by atoms with E-state index in [0.29, 0.717) is 0 Å². The van der Waals surface area contributed by atoms with Crippen LogP contribution in [0, 0.1) is 0 Å².